The summed E-state index contributed by atoms with van der Waals surface area (Å²) in [6, 6.07) is 4.58. The molecule has 0 saturated carbocycles. The van der Waals surface area contributed by atoms with E-state index in [1.807, 2.05) is 18.2 Å². The highest BCUT2D eigenvalue weighted by molar-refractivity contribution is 9.10. The second-order valence-corrected chi connectivity index (χ2v) is 4.17. The molecule has 1 aromatic carbocycles. The van der Waals surface area contributed by atoms with Crippen molar-refractivity contribution in [2.45, 2.75) is 12.1 Å². The molecular weight excluding hydrogens is 260 g/mol. The molecule has 0 aromatic heterocycles. The Bertz CT molecular complexity index is 333. The fourth-order valence-corrected chi connectivity index (χ4v) is 1.69. The van der Waals surface area contributed by atoms with Crippen LogP contribution in [-0.4, -0.2) is 24.9 Å². The molecule has 0 heterocycles. The molecular formula is C10H15BrN2O2. The largest absolute Gasteiger partial charge is 0.496 e. The number of nitrogens with two attached hydrogens (primary N) is 2. The van der Waals surface area contributed by atoms with Gasteiger partial charge in [-0.1, -0.05) is 15.9 Å². The van der Waals surface area contributed by atoms with Crippen LogP contribution >= 0.6 is 15.9 Å². The SMILES string of the molecule is COc1ccc(Br)cc1C(N)C(N)CO. The molecule has 1 aromatic rings. The first-order valence-electron chi connectivity index (χ1n) is 4.55. The highest BCUT2D eigenvalue weighted by Gasteiger charge is 2.18. The van der Waals surface area contributed by atoms with Crippen molar-refractivity contribution in [3.63, 3.8) is 0 Å². The van der Waals surface area contributed by atoms with Gasteiger partial charge in [0.25, 0.3) is 0 Å². The molecule has 15 heavy (non-hydrogen) atoms. The summed E-state index contributed by atoms with van der Waals surface area (Å²) in [5.74, 6) is 0.676. The van der Waals surface area contributed by atoms with Gasteiger partial charge in [0, 0.05) is 16.1 Å². The zero-order valence-corrected chi connectivity index (χ0v) is 10.1. The molecule has 0 bridgehead atoms. The van der Waals surface area contributed by atoms with Crippen molar-refractivity contribution >= 4 is 15.9 Å². The summed E-state index contributed by atoms with van der Waals surface area (Å²) < 4.78 is 6.08. The molecule has 0 fully saturated rings. The monoisotopic (exact) mass is 274 g/mol. The summed E-state index contributed by atoms with van der Waals surface area (Å²) in [7, 11) is 1.57. The Hall–Kier alpha value is -0.620. The molecule has 1 rings (SSSR count). The number of aliphatic hydroxyl groups is 1. The van der Waals surface area contributed by atoms with Crippen LogP contribution in [0.2, 0.25) is 0 Å². The molecule has 0 spiro atoms. The molecule has 5 heteroatoms. The van der Waals surface area contributed by atoms with Gasteiger partial charge in [-0.2, -0.15) is 0 Å². The van der Waals surface area contributed by atoms with Crippen molar-refractivity contribution in [2.24, 2.45) is 11.5 Å². The first-order chi connectivity index (χ1) is 7.10. The van der Waals surface area contributed by atoms with Crippen LogP contribution in [-0.2, 0) is 0 Å². The summed E-state index contributed by atoms with van der Waals surface area (Å²) in [5.41, 5.74) is 12.4. The number of hydrogen-bond donors (Lipinski definition) is 3. The van der Waals surface area contributed by atoms with E-state index in [4.69, 9.17) is 21.3 Å². The third kappa shape index (κ3) is 2.92. The Labute approximate surface area is 97.3 Å². The van der Waals surface area contributed by atoms with Crippen molar-refractivity contribution in [1.82, 2.24) is 0 Å². The van der Waals surface area contributed by atoms with E-state index in [2.05, 4.69) is 15.9 Å². The van der Waals surface area contributed by atoms with Gasteiger partial charge < -0.3 is 21.3 Å². The highest BCUT2D eigenvalue weighted by atomic mass is 79.9. The van der Waals surface area contributed by atoms with E-state index in [0.29, 0.717) is 5.75 Å². The molecule has 4 nitrogen and oxygen atoms in total. The van der Waals surface area contributed by atoms with E-state index < -0.39 is 12.1 Å². The lowest BCUT2D eigenvalue weighted by atomic mass is 10.0. The van der Waals surface area contributed by atoms with E-state index >= 15 is 0 Å². The van der Waals surface area contributed by atoms with E-state index in [1.165, 1.54) is 0 Å². The molecule has 2 unspecified atom stereocenters. The molecule has 0 aliphatic carbocycles. The minimum absolute atomic E-state index is 0.156. The number of rotatable bonds is 4. The maximum absolute atomic E-state index is 8.94. The Morgan fingerprint density at radius 1 is 1.47 bits per heavy atom. The third-order valence-electron chi connectivity index (χ3n) is 2.22. The van der Waals surface area contributed by atoms with Crippen molar-refractivity contribution in [3.8, 4) is 5.75 Å². The maximum atomic E-state index is 8.94. The van der Waals surface area contributed by atoms with Gasteiger partial charge in [0.15, 0.2) is 0 Å². The first kappa shape index (κ1) is 12.4. The van der Waals surface area contributed by atoms with Gasteiger partial charge in [0.2, 0.25) is 0 Å². The van der Waals surface area contributed by atoms with Crippen LogP contribution in [0.3, 0.4) is 0 Å². The molecule has 0 amide bonds. The summed E-state index contributed by atoms with van der Waals surface area (Å²) in [4.78, 5) is 0. The van der Waals surface area contributed by atoms with Crippen LogP contribution in [0.4, 0.5) is 0 Å². The number of hydrogen-bond acceptors (Lipinski definition) is 4. The lowest BCUT2D eigenvalue weighted by molar-refractivity contribution is 0.248. The molecule has 0 saturated heterocycles. The van der Waals surface area contributed by atoms with Gasteiger partial charge >= 0.3 is 0 Å². The average Bonchev–Trinajstić information content (AvgIpc) is 2.27. The molecule has 0 aliphatic rings. The van der Waals surface area contributed by atoms with Crippen molar-refractivity contribution in [2.75, 3.05) is 13.7 Å². The minimum Gasteiger partial charge on any atom is -0.496 e. The van der Waals surface area contributed by atoms with Crippen molar-refractivity contribution < 1.29 is 9.84 Å². The summed E-state index contributed by atoms with van der Waals surface area (Å²) in [6.07, 6.45) is 0. The Kier molecular flexibility index (Phi) is 4.53. The molecule has 0 aliphatic heterocycles. The van der Waals surface area contributed by atoms with Gasteiger partial charge in [0.05, 0.1) is 19.8 Å². The first-order valence-corrected chi connectivity index (χ1v) is 5.35. The van der Waals surface area contributed by atoms with Gasteiger partial charge in [-0.3, -0.25) is 0 Å². The Morgan fingerprint density at radius 3 is 2.67 bits per heavy atom. The van der Waals surface area contributed by atoms with Crippen molar-refractivity contribution in [3.05, 3.63) is 28.2 Å². The fourth-order valence-electron chi connectivity index (χ4n) is 1.31. The quantitative estimate of drug-likeness (QED) is 0.758. The second kappa shape index (κ2) is 5.46. The van der Waals surface area contributed by atoms with Crippen LogP contribution in [0.1, 0.15) is 11.6 Å². The summed E-state index contributed by atoms with van der Waals surface area (Å²) in [5, 5.41) is 8.94. The average molecular weight is 275 g/mol. The number of benzene rings is 1. The van der Waals surface area contributed by atoms with E-state index in [9.17, 15) is 0 Å². The topological polar surface area (TPSA) is 81.5 Å². The smallest absolute Gasteiger partial charge is 0.123 e. The van der Waals surface area contributed by atoms with E-state index in [0.717, 1.165) is 10.0 Å². The normalized spacial score (nSPS) is 14.7. The van der Waals surface area contributed by atoms with Crippen LogP contribution in [0, 0.1) is 0 Å². The van der Waals surface area contributed by atoms with Crippen LogP contribution in [0.25, 0.3) is 0 Å². The fraction of sp³-hybridized carbons (Fsp3) is 0.400. The zero-order chi connectivity index (χ0) is 11.4. The highest BCUT2D eigenvalue weighted by Crippen LogP contribution is 2.28. The standard InChI is InChI=1S/C10H15BrN2O2/c1-15-9-3-2-6(11)4-7(9)10(13)8(12)5-14/h2-4,8,10,14H,5,12-13H2,1H3. The molecule has 0 radical (unpaired) electrons. The second-order valence-electron chi connectivity index (χ2n) is 3.26. The lowest BCUT2D eigenvalue weighted by Gasteiger charge is -2.20. The van der Waals surface area contributed by atoms with Crippen LogP contribution in [0.15, 0.2) is 22.7 Å². The van der Waals surface area contributed by atoms with Gasteiger partial charge in [0.1, 0.15) is 5.75 Å². The van der Waals surface area contributed by atoms with E-state index in [1.54, 1.807) is 7.11 Å². The Morgan fingerprint density at radius 2 is 2.13 bits per heavy atom. The Balaban J connectivity index is 3.05. The number of ether oxygens (including phenoxy) is 1. The van der Waals surface area contributed by atoms with Gasteiger partial charge in [-0.25, -0.2) is 0 Å². The van der Waals surface area contributed by atoms with Crippen molar-refractivity contribution in [1.29, 1.82) is 0 Å². The zero-order valence-electron chi connectivity index (χ0n) is 8.48. The number of methoxy groups -OCH3 is 1. The molecule has 84 valence electrons. The predicted molar refractivity (Wildman–Crippen MR) is 62.7 cm³/mol. The third-order valence-corrected chi connectivity index (χ3v) is 2.72. The van der Waals surface area contributed by atoms with E-state index in [-0.39, 0.29) is 6.61 Å². The summed E-state index contributed by atoms with van der Waals surface area (Å²) >= 11 is 3.35. The lowest BCUT2D eigenvalue weighted by Crippen LogP contribution is -2.37. The van der Waals surface area contributed by atoms with Gasteiger partial charge in [-0.05, 0) is 18.2 Å². The summed E-state index contributed by atoms with van der Waals surface area (Å²) in [6.45, 7) is -0.156. The predicted octanol–water partition coefficient (Wildman–Crippen LogP) is 0.777. The van der Waals surface area contributed by atoms with Gasteiger partial charge in [-0.15, -0.1) is 0 Å². The number of halogens is 1. The maximum Gasteiger partial charge on any atom is 0.123 e. The minimum atomic E-state index is -0.492. The van der Waals surface area contributed by atoms with Crippen LogP contribution < -0.4 is 16.2 Å². The molecule has 5 N–H and O–H groups in total. The number of aliphatic hydroxyl groups excluding tert-OH is 1. The van der Waals surface area contributed by atoms with Crippen LogP contribution in [0.5, 0.6) is 5.75 Å². The molecule has 2 atom stereocenters.